The SMILES string of the molecule is O=C(NC1(C(=O)O)CCOCC1)N1CCN(C2CC2)CC1. The number of nitrogens with one attached hydrogen (secondary N) is 1. The van der Waals surface area contributed by atoms with Crippen LogP contribution in [0.3, 0.4) is 0 Å². The number of hydrogen-bond donors (Lipinski definition) is 2. The highest BCUT2D eigenvalue weighted by molar-refractivity contribution is 5.86. The summed E-state index contributed by atoms with van der Waals surface area (Å²) in [4.78, 5) is 28.1. The Hall–Kier alpha value is -1.34. The fraction of sp³-hybridized carbons (Fsp3) is 0.857. The maximum atomic E-state index is 12.4. The number of nitrogens with zero attached hydrogens (tertiary/aromatic N) is 2. The zero-order chi connectivity index (χ0) is 14.9. The number of amides is 2. The summed E-state index contributed by atoms with van der Waals surface area (Å²) in [5.74, 6) is -0.962. The molecule has 2 amide bonds. The van der Waals surface area contributed by atoms with Crippen molar-refractivity contribution in [3.05, 3.63) is 0 Å². The molecule has 2 aliphatic heterocycles. The van der Waals surface area contributed by atoms with Gasteiger partial charge in [0.2, 0.25) is 0 Å². The van der Waals surface area contributed by atoms with Crippen LogP contribution in [0.4, 0.5) is 4.79 Å². The number of carboxylic acid groups (broad SMARTS) is 1. The predicted octanol–water partition coefficient (Wildman–Crippen LogP) is 0.110. The van der Waals surface area contributed by atoms with E-state index in [1.54, 1.807) is 4.90 Å². The Labute approximate surface area is 124 Å². The molecule has 7 nitrogen and oxygen atoms in total. The highest BCUT2D eigenvalue weighted by atomic mass is 16.5. The lowest BCUT2D eigenvalue weighted by Crippen LogP contribution is -2.62. The molecule has 118 valence electrons. The fourth-order valence-electron chi connectivity index (χ4n) is 3.13. The minimum absolute atomic E-state index is 0.255. The average molecular weight is 297 g/mol. The van der Waals surface area contributed by atoms with Crippen LogP contribution in [-0.4, -0.2) is 77.9 Å². The molecule has 1 saturated carbocycles. The van der Waals surface area contributed by atoms with Gasteiger partial charge in [0.25, 0.3) is 0 Å². The highest BCUT2D eigenvalue weighted by Crippen LogP contribution is 2.27. The molecule has 0 spiro atoms. The van der Waals surface area contributed by atoms with Crippen molar-refractivity contribution in [3.63, 3.8) is 0 Å². The van der Waals surface area contributed by atoms with Crippen molar-refractivity contribution in [2.45, 2.75) is 37.3 Å². The first-order valence-electron chi connectivity index (χ1n) is 7.73. The molecule has 7 heteroatoms. The molecule has 3 fully saturated rings. The second kappa shape index (κ2) is 5.81. The molecular weight excluding hydrogens is 274 g/mol. The van der Waals surface area contributed by atoms with Crippen molar-refractivity contribution < 1.29 is 19.4 Å². The number of piperazine rings is 1. The van der Waals surface area contributed by atoms with Gasteiger partial charge < -0.3 is 20.1 Å². The Kier molecular flexibility index (Phi) is 4.03. The van der Waals surface area contributed by atoms with Gasteiger partial charge in [-0.05, 0) is 12.8 Å². The predicted molar refractivity (Wildman–Crippen MR) is 75.1 cm³/mol. The van der Waals surface area contributed by atoms with E-state index < -0.39 is 11.5 Å². The molecule has 0 radical (unpaired) electrons. The van der Waals surface area contributed by atoms with Crippen molar-refractivity contribution in [2.24, 2.45) is 0 Å². The Balaban J connectivity index is 1.56. The normalized spacial score (nSPS) is 26.4. The summed E-state index contributed by atoms with van der Waals surface area (Å²) in [5.41, 5.74) is -1.16. The van der Waals surface area contributed by atoms with Gasteiger partial charge in [-0.1, -0.05) is 0 Å². The van der Waals surface area contributed by atoms with E-state index >= 15 is 0 Å². The van der Waals surface area contributed by atoms with Crippen LogP contribution in [0.15, 0.2) is 0 Å². The topological polar surface area (TPSA) is 82.1 Å². The molecule has 3 aliphatic rings. The van der Waals surface area contributed by atoms with Crippen LogP contribution in [0.2, 0.25) is 0 Å². The maximum absolute atomic E-state index is 12.4. The second-order valence-corrected chi connectivity index (χ2v) is 6.18. The zero-order valence-corrected chi connectivity index (χ0v) is 12.2. The monoisotopic (exact) mass is 297 g/mol. The third-order valence-corrected chi connectivity index (χ3v) is 4.77. The molecule has 2 saturated heterocycles. The van der Waals surface area contributed by atoms with E-state index in [-0.39, 0.29) is 6.03 Å². The summed E-state index contributed by atoms with van der Waals surface area (Å²) in [6.07, 6.45) is 3.20. The van der Waals surface area contributed by atoms with E-state index in [1.165, 1.54) is 12.8 Å². The minimum Gasteiger partial charge on any atom is -0.480 e. The van der Waals surface area contributed by atoms with Gasteiger partial charge in [0.05, 0.1) is 0 Å². The number of carbonyl (C=O) groups excluding carboxylic acids is 1. The first kappa shape index (κ1) is 14.6. The van der Waals surface area contributed by atoms with E-state index in [9.17, 15) is 14.7 Å². The van der Waals surface area contributed by atoms with Crippen LogP contribution in [-0.2, 0) is 9.53 Å². The van der Waals surface area contributed by atoms with Gasteiger partial charge in [0, 0.05) is 58.3 Å². The molecule has 2 N–H and O–H groups in total. The molecule has 1 aliphatic carbocycles. The molecule has 21 heavy (non-hydrogen) atoms. The zero-order valence-electron chi connectivity index (χ0n) is 12.2. The van der Waals surface area contributed by atoms with Crippen LogP contribution in [0.5, 0.6) is 0 Å². The lowest BCUT2D eigenvalue weighted by atomic mass is 9.90. The number of aliphatic carboxylic acids is 1. The average Bonchev–Trinajstić information content (AvgIpc) is 3.33. The number of carbonyl (C=O) groups is 2. The molecule has 2 heterocycles. The number of hydrogen-bond acceptors (Lipinski definition) is 4. The quantitative estimate of drug-likeness (QED) is 0.772. The van der Waals surface area contributed by atoms with Crippen molar-refractivity contribution in [1.29, 1.82) is 0 Å². The smallest absolute Gasteiger partial charge is 0.329 e. The van der Waals surface area contributed by atoms with Gasteiger partial charge in [0.15, 0.2) is 0 Å². The number of carboxylic acids is 1. The summed E-state index contributed by atoms with van der Waals surface area (Å²) < 4.78 is 5.21. The summed E-state index contributed by atoms with van der Waals surface area (Å²) >= 11 is 0. The molecule has 0 unspecified atom stereocenters. The van der Waals surface area contributed by atoms with Gasteiger partial charge in [-0.25, -0.2) is 9.59 Å². The molecule has 0 bridgehead atoms. The molecule has 0 atom stereocenters. The van der Waals surface area contributed by atoms with Gasteiger partial charge >= 0.3 is 12.0 Å². The van der Waals surface area contributed by atoms with E-state index in [0.717, 1.165) is 19.1 Å². The summed E-state index contributed by atoms with van der Waals surface area (Å²) in [6.45, 7) is 3.88. The molecule has 0 aromatic heterocycles. The Bertz CT molecular complexity index is 410. The third-order valence-electron chi connectivity index (χ3n) is 4.77. The molecule has 0 aromatic rings. The van der Waals surface area contributed by atoms with Crippen molar-refractivity contribution >= 4 is 12.0 Å². The lowest BCUT2D eigenvalue weighted by molar-refractivity contribution is -0.148. The third kappa shape index (κ3) is 3.13. The van der Waals surface area contributed by atoms with Crippen LogP contribution >= 0.6 is 0 Å². The first-order valence-corrected chi connectivity index (χ1v) is 7.73. The molecular formula is C14H23N3O4. The first-order chi connectivity index (χ1) is 10.1. The number of ether oxygens (including phenoxy) is 1. The Morgan fingerprint density at radius 3 is 2.24 bits per heavy atom. The van der Waals surface area contributed by atoms with E-state index in [0.29, 0.717) is 39.1 Å². The van der Waals surface area contributed by atoms with Gasteiger partial charge in [-0.3, -0.25) is 4.90 Å². The van der Waals surface area contributed by atoms with Gasteiger partial charge in [-0.15, -0.1) is 0 Å². The van der Waals surface area contributed by atoms with Crippen molar-refractivity contribution in [1.82, 2.24) is 15.1 Å². The largest absolute Gasteiger partial charge is 0.480 e. The standard InChI is InChI=1S/C14H23N3O4/c18-12(19)14(3-9-21-10-4-14)15-13(20)17-7-5-16(6-8-17)11-1-2-11/h11H,1-10H2,(H,15,20)(H,18,19). The Morgan fingerprint density at radius 2 is 1.71 bits per heavy atom. The van der Waals surface area contributed by atoms with Gasteiger partial charge in [0.1, 0.15) is 5.54 Å². The summed E-state index contributed by atoms with van der Waals surface area (Å²) in [5, 5.41) is 12.2. The summed E-state index contributed by atoms with van der Waals surface area (Å²) in [6, 6.07) is 0.464. The highest BCUT2D eigenvalue weighted by Gasteiger charge is 2.43. The van der Waals surface area contributed by atoms with Crippen LogP contribution in [0.1, 0.15) is 25.7 Å². The minimum atomic E-state index is -1.16. The second-order valence-electron chi connectivity index (χ2n) is 6.18. The summed E-state index contributed by atoms with van der Waals surface area (Å²) in [7, 11) is 0. The van der Waals surface area contributed by atoms with E-state index in [4.69, 9.17) is 4.74 Å². The molecule has 3 rings (SSSR count). The van der Waals surface area contributed by atoms with Crippen LogP contribution in [0, 0.1) is 0 Å². The maximum Gasteiger partial charge on any atom is 0.329 e. The fourth-order valence-corrected chi connectivity index (χ4v) is 3.13. The van der Waals surface area contributed by atoms with E-state index in [2.05, 4.69) is 10.2 Å². The molecule has 0 aromatic carbocycles. The van der Waals surface area contributed by atoms with Crippen molar-refractivity contribution in [3.8, 4) is 0 Å². The van der Waals surface area contributed by atoms with Crippen LogP contribution < -0.4 is 5.32 Å². The van der Waals surface area contributed by atoms with Crippen LogP contribution in [0.25, 0.3) is 0 Å². The number of rotatable bonds is 3. The Morgan fingerprint density at radius 1 is 1.10 bits per heavy atom. The number of urea groups is 1. The van der Waals surface area contributed by atoms with Gasteiger partial charge in [-0.2, -0.15) is 0 Å². The lowest BCUT2D eigenvalue weighted by Gasteiger charge is -2.39. The van der Waals surface area contributed by atoms with E-state index in [1.807, 2.05) is 0 Å². The van der Waals surface area contributed by atoms with Crippen molar-refractivity contribution in [2.75, 3.05) is 39.4 Å².